The normalized spacial score (nSPS) is 19.0. The highest BCUT2D eigenvalue weighted by Gasteiger charge is 2.29. The molecule has 1 N–H and O–H groups in total. The van der Waals surface area contributed by atoms with E-state index in [1.54, 1.807) is 13.0 Å². The molecule has 18 heavy (non-hydrogen) atoms. The first-order valence-corrected chi connectivity index (χ1v) is 5.71. The molecular formula is C12H14N2O4. The standard InChI is InChI=1S/C12H14N2O4/c1-8-2-3-11(14(17)18)10(6-8)12(16)13-5-4-9(15)7-13/h2-3,6,9,15H,4-5,7H2,1H3/t9-/m1/s1. The van der Waals surface area contributed by atoms with Gasteiger partial charge in [-0.25, -0.2) is 0 Å². The van der Waals surface area contributed by atoms with Crippen LogP contribution >= 0.6 is 0 Å². The first-order valence-electron chi connectivity index (χ1n) is 5.71. The van der Waals surface area contributed by atoms with Gasteiger partial charge in [-0.15, -0.1) is 0 Å². The molecule has 1 fully saturated rings. The van der Waals surface area contributed by atoms with E-state index < -0.39 is 11.0 Å². The van der Waals surface area contributed by atoms with Crippen LogP contribution < -0.4 is 0 Å². The fourth-order valence-electron chi connectivity index (χ4n) is 2.08. The number of hydrogen-bond donors (Lipinski definition) is 1. The molecule has 6 heteroatoms. The van der Waals surface area contributed by atoms with Crippen molar-refractivity contribution in [3.05, 3.63) is 39.4 Å². The number of rotatable bonds is 2. The topological polar surface area (TPSA) is 83.7 Å². The van der Waals surface area contributed by atoms with Crippen LogP contribution in [0.15, 0.2) is 18.2 Å². The average Bonchev–Trinajstić information content (AvgIpc) is 2.74. The van der Waals surface area contributed by atoms with Crippen LogP contribution in [0.2, 0.25) is 0 Å². The van der Waals surface area contributed by atoms with Gasteiger partial charge in [0.05, 0.1) is 11.0 Å². The first kappa shape index (κ1) is 12.5. The number of aliphatic hydroxyl groups is 1. The Morgan fingerprint density at radius 3 is 2.83 bits per heavy atom. The van der Waals surface area contributed by atoms with Gasteiger partial charge in [0.1, 0.15) is 5.56 Å². The monoisotopic (exact) mass is 250 g/mol. The summed E-state index contributed by atoms with van der Waals surface area (Å²) in [4.78, 5) is 24.0. The summed E-state index contributed by atoms with van der Waals surface area (Å²) in [5.41, 5.74) is 0.699. The molecule has 1 atom stereocenters. The highest BCUT2D eigenvalue weighted by atomic mass is 16.6. The zero-order valence-electron chi connectivity index (χ0n) is 10.00. The molecule has 6 nitrogen and oxygen atoms in total. The van der Waals surface area contributed by atoms with Crippen molar-refractivity contribution in [3.63, 3.8) is 0 Å². The Balaban J connectivity index is 2.34. The van der Waals surface area contributed by atoms with E-state index in [1.165, 1.54) is 17.0 Å². The van der Waals surface area contributed by atoms with Crippen LogP contribution in [0.3, 0.4) is 0 Å². The van der Waals surface area contributed by atoms with Gasteiger partial charge in [0.2, 0.25) is 0 Å². The summed E-state index contributed by atoms with van der Waals surface area (Å²) in [6, 6.07) is 4.47. The number of benzene rings is 1. The van der Waals surface area contributed by atoms with Gasteiger partial charge in [0.15, 0.2) is 0 Å². The second kappa shape index (κ2) is 4.73. The molecule has 1 amide bonds. The fraction of sp³-hybridized carbons (Fsp3) is 0.417. The van der Waals surface area contributed by atoms with Crippen LogP contribution in [0.4, 0.5) is 5.69 Å². The van der Waals surface area contributed by atoms with Gasteiger partial charge in [0, 0.05) is 19.2 Å². The van der Waals surface area contributed by atoms with Gasteiger partial charge in [0.25, 0.3) is 11.6 Å². The van der Waals surface area contributed by atoms with E-state index in [9.17, 15) is 20.0 Å². The lowest BCUT2D eigenvalue weighted by atomic mass is 10.1. The summed E-state index contributed by atoms with van der Waals surface area (Å²) in [6.07, 6.45) is -0.0106. The minimum atomic E-state index is -0.556. The number of nitro groups is 1. The molecule has 1 aliphatic heterocycles. The zero-order chi connectivity index (χ0) is 13.3. The minimum absolute atomic E-state index is 0.0918. The molecule has 0 unspecified atom stereocenters. The van der Waals surface area contributed by atoms with E-state index in [2.05, 4.69) is 0 Å². The van der Waals surface area contributed by atoms with Gasteiger partial charge >= 0.3 is 0 Å². The lowest BCUT2D eigenvalue weighted by Gasteiger charge is -2.15. The van der Waals surface area contributed by atoms with Crippen molar-refractivity contribution in [3.8, 4) is 0 Å². The maximum atomic E-state index is 12.2. The summed E-state index contributed by atoms with van der Waals surface area (Å²) in [7, 11) is 0. The van der Waals surface area contributed by atoms with Crippen molar-refractivity contribution in [1.29, 1.82) is 0 Å². The second-order valence-corrected chi connectivity index (χ2v) is 4.47. The van der Waals surface area contributed by atoms with Gasteiger partial charge in [-0.1, -0.05) is 6.07 Å². The van der Waals surface area contributed by atoms with Crippen LogP contribution in [0.1, 0.15) is 22.3 Å². The van der Waals surface area contributed by atoms with Crippen molar-refractivity contribution in [2.45, 2.75) is 19.4 Å². The Morgan fingerprint density at radius 1 is 1.56 bits per heavy atom. The Morgan fingerprint density at radius 2 is 2.28 bits per heavy atom. The largest absolute Gasteiger partial charge is 0.391 e. The highest BCUT2D eigenvalue weighted by Crippen LogP contribution is 2.23. The van der Waals surface area contributed by atoms with E-state index in [-0.39, 0.29) is 23.7 Å². The molecule has 1 aromatic rings. The van der Waals surface area contributed by atoms with Gasteiger partial charge in [-0.2, -0.15) is 0 Å². The molecule has 0 spiro atoms. The molecule has 1 saturated heterocycles. The number of carbonyl (C=O) groups excluding carboxylic acids is 1. The molecule has 2 rings (SSSR count). The third kappa shape index (κ3) is 2.33. The Kier molecular flexibility index (Phi) is 3.29. The molecule has 96 valence electrons. The van der Waals surface area contributed by atoms with E-state index >= 15 is 0 Å². The van der Waals surface area contributed by atoms with Gasteiger partial charge in [-0.3, -0.25) is 14.9 Å². The second-order valence-electron chi connectivity index (χ2n) is 4.47. The summed E-state index contributed by atoms with van der Waals surface area (Å²) in [5, 5.41) is 20.3. The summed E-state index contributed by atoms with van der Waals surface area (Å²) in [5.74, 6) is -0.387. The Hall–Kier alpha value is -1.95. The molecule has 0 aliphatic carbocycles. The fourth-order valence-corrected chi connectivity index (χ4v) is 2.08. The molecule has 0 radical (unpaired) electrons. The van der Waals surface area contributed by atoms with E-state index in [1.807, 2.05) is 0 Å². The maximum absolute atomic E-state index is 12.2. The van der Waals surface area contributed by atoms with Gasteiger partial charge < -0.3 is 10.0 Å². The number of nitrogens with zero attached hydrogens (tertiary/aromatic N) is 2. The molecule has 1 aliphatic rings. The van der Waals surface area contributed by atoms with Gasteiger partial charge in [-0.05, 0) is 25.0 Å². The number of hydrogen-bond acceptors (Lipinski definition) is 4. The third-order valence-corrected chi connectivity index (χ3v) is 3.03. The number of β-amino-alcohol motifs (C(OH)–C–C–N with tert-alkyl or cyclic N) is 1. The van der Waals surface area contributed by atoms with Crippen molar-refractivity contribution < 1.29 is 14.8 Å². The van der Waals surface area contributed by atoms with Crippen LogP contribution in [-0.4, -0.2) is 40.0 Å². The summed E-state index contributed by atoms with van der Waals surface area (Å²) in [6.45, 7) is 2.45. The van der Waals surface area contributed by atoms with Crippen molar-refractivity contribution in [2.24, 2.45) is 0 Å². The molecule has 0 bridgehead atoms. The molecule has 1 heterocycles. The minimum Gasteiger partial charge on any atom is -0.391 e. The van der Waals surface area contributed by atoms with E-state index in [4.69, 9.17) is 0 Å². The highest BCUT2D eigenvalue weighted by molar-refractivity contribution is 5.98. The average molecular weight is 250 g/mol. The summed E-state index contributed by atoms with van der Waals surface area (Å²) >= 11 is 0. The summed E-state index contributed by atoms with van der Waals surface area (Å²) < 4.78 is 0. The SMILES string of the molecule is Cc1ccc([N+](=O)[O-])c(C(=O)N2CC[C@@H](O)C2)c1. The van der Waals surface area contributed by atoms with E-state index in [0.717, 1.165) is 5.56 Å². The zero-order valence-corrected chi connectivity index (χ0v) is 10.00. The molecule has 0 aromatic heterocycles. The number of amides is 1. The quantitative estimate of drug-likeness (QED) is 0.629. The predicted octanol–water partition coefficient (Wildman–Crippen LogP) is 1.11. The van der Waals surface area contributed by atoms with Crippen LogP contribution in [-0.2, 0) is 0 Å². The van der Waals surface area contributed by atoms with Crippen molar-refractivity contribution in [2.75, 3.05) is 13.1 Å². The molecule has 0 saturated carbocycles. The van der Waals surface area contributed by atoms with E-state index in [0.29, 0.717) is 13.0 Å². The Labute approximate surface area is 104 Å². The smallest absolute Gasteiger partial charge is 0.282 e. The van der Waals surface area contributed by atoms with Crippen molar-refractivity contribution in [1.82, 2.24) is 4.90 Å². The predicted molar refractivity (Wildman–Crippen MR) is 64.4 cm³/mol. The number of aryl methyl sites for hydroxylation is 1. The maximum Gasteiger partial charge on any atom is 0.282 e. The molecular weight excluding hydrogens is 236 g/mol. The number of carbonyl (C=O) groups is 1. The number of nitro benzene ring substituents is 1. The lowest BCUT2D eigenvalue weighted by Crippen LogP contribution is -2.30. The van der Waals surface area contributed by atoms with Crippen molar-refractivity contribution >= 4 is 11.6 Å². The molecule has 1 aromatic carbocycles. The third-order valence-electron chi connectivity index (χ3n) is 3.03. The number of likely N-dealkylation sites (tertiary alicyclic amines) is 1. The van der Waals surface area contributed by atoms with Crippen LogP contribution in [0.25, 0.3) is 0 Å². The van der Waals surface area contributed by atoms with Crippen LogP contribution in [0, 0.1) is 17.0 Å². The number of aliphatic hydroxyl groups excluding tert-OH is 1. The first-order chi connectivity index (χ1) is 8.49. The Bertz CT molecular complexity index is 501. The lowest BCUT2D eigenvalue weighted by molar-refractivity contribution is -0.385. The van der Waals surface area contributed by atoms with Crippen LogP contribution in [0.5, 0.6) is 0 Å².